The minimum Gasteiger partial charge on any atom is -0.463 e. The average molecular weight is 367 g/mol. The lowest BCUT2D eigenvalue weighted by Gasteiger charge is -2.42. The Morgan fingerprint density at radius 3 is 2.00 bits per heavy atom. The van der Waals surface area contributed by atoms with E-state index in [9.17, 15) is 14.4 Å². The van der Waals surface area contributed by atoms with Crippen molar-refractivity contribution in [1.29, 1.82) is 0 Å². The number of alkyl halides is 1. The van der Waals surface area contributed by atoms with E-state index in [1.54, 1.807) is 6.92 Å². The molecule has 0 aliphatic carbocycles. The van der Waals surface area contributed by atoms with Crippen LogP contribution in [0.2, 0.25) is 0 Å². The molecule has 21 heavy (non-hydrogen) atoms. The van der Waals surface area contributed by atoms with Crippen molar-refractivity contribution in [3.8, 4) is 0 Å². The van der Waals surface area contributed by atoms with Crippen LogP contribution in [0.4, 0.5) is 0 Å². The van der Waals surface area contributed by atoms with Crippen LogP contribution in [0.5, 0.6) is 0 Å². The van der Waals surface area contributed by atoms with E-state index in [2.05, 4.69) is 15.9 Å². The zero-order valence-corrected chi connectivity index (χ0v) is 13.9. The van der Waals surface area contributed by atoms with Crippen molar-refractivity contribution in [2.24, 2.45) is 5.92 Å². The molecule has 1 heterocycles. The Bertz CT molecular complexity index is 411. The molecule has 0 spiro atoms. The Hall–Kier alpha value is -1.15. The van der Waals surface area contributed by atoms with Crippen molar-refractivity contribution < 1.29 is 33.3 Å². The molecule has 0 amide bonds. The largest absolute Gasteiger partial charge is 0.463 e. The molecule has 0 unspecified atom stereocenters. The Morgan fingerprint density at radius 2 is 1.52 bits per heavy atom. The number of carbonyl (C=O) groups excluding carboxylic acids is 3. The molecule has 1 saturated heterocycles. The fourth-order valence-electron chi connectivity index (χ4n) is 2.10. The van der Waals surface area contributed by atoms with Gasteiger partial charge in [-0.15, -0.1) is 0 Å². The molecule has 1 fully saturated rings. The fourth-order valence-corrected chi connectivity index (χ4v) is 2.78. The van der Waals surface area contributed by atoms with E-state index in [1.807, 2.05) is 0 Å². The highest BCUT2D eigenvalue weighted by molar-refractivity contribution is 9.09. The van der Waals surface area contributed by atoms with E-state index in [-0.39, 0.29) is 12.5 Å². The van der Waals surface area contributed by atoms with E-state index in [1.165, 1.54) is 20.8 Å². The molecule has 8 heteroatoms. The lowest BCUT2D eigenvalue weighted by molar-refractivity contribution is -0.212. The van der Waals surface area contributed by atoms with Gasteiger partial charge in [0.05, 0.1) is 6.10 Å². The molecule has 120 valence electrons. The highest BCUT2D eigenvalue weighted by atomic mass is 79.9. The lowest BCUT2D eigenvalue weighted by atomic mass is 9.91. The second-order valence-corrected chi connectivity index (χ2v) is 5.74. The highest BCUT2D eigenvalue weighted by Gasteiger charge is 2.47. The molecule has 0 bridgehead atoms. The van der Waals surface area contributed by atoms with Crippen molar-refractivity contribution in [3.63, 3.8) is 0 Å². The van der Waals surface area contributed by atoms with E-state index < -0.39 is 41.2 Å². The van der Waals surface area contributed by atoms with Crippen LogP contribution in [0, 0.1) is 5.92 Å². The normalized spacial score (nSPS) is 32.1. The summed E-state index contributed by atoms with van der Waals surface area (Å²) in [5.74, 6) is -1.73. The number of esters is 3. The molecule has 0 aromatic heterocycles. The van der Waals surface area contributed by atoms with Crippen molar-refractivity contribution in [3.05, 3.63) is 0 Å². The van der Waals surface area contributed by atoms with Gasteiger partial charge in [-0.25, -0.2) is 0 Å². The van der Waals surface area contributed by atoms with Crippen LogP contribution in [0.1, 0.15) is 27.7 Å². The third kappa shape index (κ3) is 5.28. The van der Waals surface area contributed by atoms with Gasteiger partial charge >= 0.3 is 17.9 Å². The highest BCUT2D eigenvalue weighted by Crippen LogP contribution is 2.33. The van der Waals surface area contributed by atoms with Gasteiger partial charge in [-0.2, -0.15) is 0 Å². The van der Waals surface area contributed by atoms with Crippen LogP contribution >= 0.6 is 15.9 Å². The second kappa shape index (κ2) is 7.74. The number of hydrogen-bond acceptors (Lipinski definition) is 7. The summed E-state index contributed by atoms with van der Waals surface area (Å²) >= 11 is 3.26. The number of halogens is 1. The SMILES string of the molecule is CC(=O)OC[C@H]1O[C@H](Br)[C@H](OC(C)=O)[C@@H](OC(C)=O)[C@H]1C. The first kappa shape index (κ1) is 17.9. The summed E-state index contributed by atoms with van der Waals surface area (Å²) in [7, 11) is 0. The van der Waals surface area contributed by atoms with Gasteiger partial charge in [0.15, 0.2) is 11.1 Å². The van der Waals surface area contributed by atoms with Crippen molar-refractivity contribution in [2.45, 2.75) is 51.0 Å². The molecule has 1 aliphatic heterocycles. The topological polar surface area (TPSA) is 88.1 Å². The maximum absolute atomic E-state index is 11.3. The van der Waals surface area contributed by atoms with Gasteiger partial charge in [0.25, 0.3) is 0 Å². The van der Waals surface area contributed by atoms with Gasteiger partial charge < -0.3 is 18.9 Å². The molecule has 1 rings (SSSR count). The van der Waals surface area contributed by atoms with E-state index in [0.717, 1.165) is 0 Å². The maximum Gasteiger partial charge on any atom is 0.303 e. The Balaban J connectivity index is 2.87. The standard InChI is InChI=1S/C13H19BrO7/c1-6-10(5-18-7(2)15)21-13(14)12(20-9(4)17)11(6)19-8(3)16/h6,10-13H,5H2,1-4H3/t6-,10+,11-,12+,13-/m0/s1. The fraction of sp³-hybridized carbons (Fsp3) is 0.769. The third-order valence-corrected chi connectivity index (χ3v) is 3.78. The predicted octanol–water partition coefficient (Wildman–Crippen LogP) is 1.17. The van der Waals surface area contributed by atoms with Gasteiger partial charge in [-0.1, -0.05) is 22.9 Å². The summed E-state index contributed by atoms with van der Waals surface area (Å²) in [6, 6.07) is 0. The number of carbonyl (C=O) groups is 3. The molecule has 0 saturated carbocycles. The van der Waals surface area contributed by atoms with Crippen LogP contribution in [0.15, 0.2) is 0 Å². The van der Waals surface area contributed by atoms with Crippen LogP contribution in [-0.4, -0.2) is 47.8 Å². The summed E-state index contributed by atoms with van der Waals surface area (Å²) in [6.45, 7) is 5.64. The Morgan fingerprint density at radius 1 is 1.00 bits per heavy atom. The summed E-state index contributed by atoms with van der Waals surface area (Å²) in [6.07, 6.45) is -1.94. The molecule has 0 aromatic carbocycles. The van der Waals surface area contributed by atoms with Crippen LogP contribution in [0.25, 0.3) is 0 Å². The zero-order valence-electron chi connectivity index (χ0n) is 12.3. The molecular formula is C13H19BrO7. The number of hydrogen-bond donors (Lipinski definition) is 0. The summed E-state index contributed by atoms with van der Waals surface area (Å²) in [4.78, 5) is 33.3. The first-order chi connectivity index (χ1) is 9.72. The molecule has 1 aliphatic rings. The van der Waals surface area contributed by atoms with E-state index in [4.69, 9.17) is 18.9 Å². The molecule has 7 nitrogen and oxygen atoms in total. The van der Waals surface area contributed by atoms with Crippen molar-refractivity contribution >= 4 is 33.8 Å². The third-order valence-electron chi connectivity index (χ3n) is 3.05. The van der Waals surface area contributed by atoms with Crippen molar-refractivity contribution in [2.75, 3.05) is 6.61 Å². The summed E-state index contributed by atoms with van der Waals surface area (Å²) < 4.78 is 21.0. The molecule has 0 N–H and O–H groups in total. The number of rotatable bonds is 4. The van der Waals surface area contributed by atoms with Crippen LogP contribution in [-0.2, 0) is 33.3 Å². The Labute approximate surface area is 131 Å². The zero-order chi connectivity index (χ0) is 16.2. The van der Waals surface area contributed by atoms with Crippen LogP contribution < -0.4 is 0 Å². The smallest absolute Gasteiger partial charge is 0.303 e. The van der Waals surface area contributed by atoms with Crippen molar-refractivity contribution in [1.82, 2.24) is 0 Å². The summed E-state index contributed by atoms with van der Waals surface area (Å²) in [5.41, 5.74) is 0. The second-order valence-electron chi connectivity index (χ2n) is 4.84. The molecule has 0 radical (unpaired) electrons. The van der Waals surface area contributed by atoms with Gasteiger partial charge in [0.2, 0.25) is 0 Å². The van der Waals surface area contributed by atoms with Gasteiger partial charge in [0.1, 0.15) is 12.7 Å². The van der Waals surface area contributed by atoms with Gasteiger partial charge in [-0.3, -0.25) is 14.4 Å². The molecular weight excluding hydrogens is 348 g/mol. The lowest BCUT2D eigenvalue weighted by Crippen LogP contribution is -2.55. The van der Waals surface area contributed by atoms with Gasteiger partial charge in [-0.05, 0) is 0 Å². The first-order valence-electron chi connectivity index (χ1n) is 6.49. The van der Waals surface area contributed by atoms with E-state index >= 15 is 0 Å². The monoisotopic (exact) mass is 366 g/mol. The van der Waals surface area contributed by atoms with Crippen LogP contribution in [0.3, 0.4) is 0 Å². The predicted molar refractivity (Wildman–Crippen MR) is 74.5 cm³/mol. The van der Waals surface area contributed by atoms with Gasteiger partial charge in [0, 0.05) is 26.7 Å². The number of ether oxygens (including phenoxy) is 4. The molecule has 5 atom stereocenters. The van der Waals surface area contributed by atoms with E-state index in [0.29, 0.717) is 0 Å². The summed E-state index contributed by atoms with van der Waals surface area (Å²) in [5, 5.41) is -0.664. The molecule has 0 aromatic rings. The maximum atomic E-state index is 11.3. The minimum atomic E-state index is -0.769. The minimum absolute atomic E-state index is 0.0309. The average Bonchev–Trinajstić information content (AvgIpc) is 2.35. The quantitative estimate of drug-likeness (QED) is 0.419. The first-order valence-corrected chi connectivity index (χ1v) is 7.41. The Kier molecular flexibility index (Phi) is 6.60.